The summed E-state index contributed by atoms with van der Waals surface area (Å²) in [6, 6.07) is 0.696. The molecule has 0 aromatic rings. The zero-order valence-corrected chi connectivity index (χ0v) is 11.9. The van der Waals surface area contributed by atoms with E-state index in [1.165, 1.54) is 45.2 Å². The molecule has 2 unspecified atom stereocenters. The van der Waals surface area contributed by atoms with E-state index < -0.39 is 0 Å². The van der Waals surface area contributed by atoms with E-state index in [0.29, 0.717) is 6.04 Å². The van der Waals surface area contributed by atoms with E-state index in [9.17, 15) is 0 Å². The molecule has 17 heavy (non-hydrogen) atoms. The van der Waals surface area contributed by atoms with E-state index in [4.69, 9.17) is 4.74 Å². The lowest BCUT2D eigenvalue weighted by molar-refractivity contribution is 0.0418. The van der Waals surface area contributed by atoms with Gasteiger partial charge in [0.25, 0.3) is 0 Å². The van der Waals surface area contributed by atoms with E-state index in [-0.39, 0.29) is 0 Å². The Bertz CT molecular complexity index is 177. The van der Waals surface area contributed by atoms with Crippen molar-refractivity contribution in [3.05, 3.63) is 0 Å². The third kappa shape index (κ3) is 6.39. The quantitative estimate of drug-likeness (QED) is 0.705. The number of nitrogens with zero attached hydrogens (tertiary/aromatic N) is 1. The second-order valence-corrected chi connectivity index (χ2v) is 5.38. The van der Waals surface area contributed by atoms with Crippen molar-refractivity contribution in [1.82, 2.24) is 10.2 Å². The molecule has 1 N–H and O–H groups in total. The van der Waals surface area contributed by atoms with Crippen LogP contribution in [0.25, 0.3) is 0 Å². The van der Waals surface area contributed by atoms with Crippen molar-refractivity contribution in [3.8, 4) is 0 Å². The van der Waals surface area contributed by atoms with Crippen LogP contribution in [0.5, 0.6) is 0 Å². The summed E-state index contributed by atoms with van der Waals surface area (Å²) in [4.78, 5) is 2.47. The molecule has 1 aliphatic rings. The molecule has 1 fully saturated rings. The van der Waals surface area contributed by atoms with Crippen LogP contribution in [0.1, 0.15) is 39.0 Å². The van der Waals surface area contributed by atoms with Gasteiger partial charge in [0.15, 0.2) is 0 Å². The topological polar surface area (TPSA) is 24.5 Å². The number of ether oxygens (including phenoxy) is 1. The van der Waals surface area contributed by atoms with Gasteiger partial charge in [0, 0.05) is 19.2 Å². The van der Waals surface area contributed by atoms with E-state index in [0.717, 1.165) is 19.1 Å². The van der Waals surface area contributed by atoms with E-state index in [2.05, 4.69) is 31.2 Å². The highest BCUT2D eigenvalue weighted by molar-refractivity contribution is 4.68. The first-order chi connectivity index (χ1) is 8.26. The molecule has 0 saturated carbocycles. The molecule has 1 heterocycles. The Kier molecular flexibility index (Phi) is 7.82. The van der Waals surface area contributed by atoms with Gasteiger partial charge in [-0.15, -0.1) is 0 Å². The van der Waals surface area contributed by atoms with E-state index in [1.807, 2.05) is 0 Å². The molecule has 0 aromatic carbocycles. The van der Waals surface area contributed by atoms with Crippen LogP contribution in [0.4, 0.5) is 0 Å². The Morgan fingerprint density at radius 1 is 1.47 bits per heavy atom. The maximum atomic E-state index is 5.52. The van der Waals surface area contributed by atoms with Gasteiger partial charge in [0.2, 0.25) is 0 Å². The number of hydrogen-bond donors (Lipinski definition) is 1. The predicted octanol–water partition coefficient (Wildman–Crippen LogP) is 2.12. The molecule has 102 valence electrons. The summed E-state index contributed by atoms with van der Waals surface area (Å²) in [5.74, 6) is 0.764. The Balaban J connectivity index is 2.05. The van der Waals surface area contributed by atoms with Gasteiger partial charge in [0.05, 0.1) is 6.61 Å². The molecular weight excluding hydrogens is 212 g/mol. The zero-order chi connectivity index (χ0) is 12.5. The normalized spacial score (nSPS) is 22.9. The van der Waals surface area contributed by atoms with Crippen LogP contribution in [-0.4, -0.2) is 51.3 Å². The van der Waals surface area contributed by atoms with E-state index >= 15 is 0 Å². The van der Waals surface area contributed by atoms with Crippen LogP contribution in [0.2, 0.25) is 0 Å². The van der Waals surface area contributed by atoms with Gasteiger partial charge in [-0.25, -0.2) is 0 Å². The SMILES string of the molecule is CCC(CCCN(C)CC1CCCOC1)NC. The minimum absolute atomic E-state index is 0.696. The molecule has 1 saturated heterocycles. The molecule has 0 aliphatic carbocycles. The van der Waals surface area contributed by atoms with Gasteiger partial charge in [-0.3, -0.25) is 0 Å². The van der Waals surface area contributed by atoms with Gasteiger partial charge in [-0.2, -0.15) is 0 Å². The lowest BCUT2D eigenvalue weighted by Crippen LogP contribution is -2.32. The predicted molar refractivity (Wildman–Crippen MR) is 73.4 cm³/mol. The molecule has 3 heteroatoms. The maximum absolute atomic E-state index is 5.52. The van der Waals surface area contributed by atoms with E-state index in [1.54, 1.807) is 0 Å². The van der Waals surface area contributed by atoms with Crippen molar-refractivity contribution >= 4 is 0 Å². The van der Waals surface area contributed by atoms with Crippen molar-refractivity contribution in [3.63, 3.8) is 0 Å². The Morgan fingerprint density at radius 3 is 2.88 bits per heavy atom. The summed E-state index contributed by atoms with van der Waals surface area (Å²) in [6.07, 6.45) is 6.41. The zero-order valence-electron chi connectivity index (χ0n) is 11.9. The van der Waals surface area contributed by atoms with Crippen LogP contribution in [0.15, 0.2) is 0 Å². The lowest BCUT2D eigenvalue weighted by Gasteiger charge is -2.27. The van der Waals surface area contributed by atoms with Gasteiger partial charge < -0.3 is 15.0 Å². The molecule has 1 rings (SSSR count). The molecule has 0 amide bonds. The van der Waals surface area contributed by atoms with Crippen molar-refractivity contribution in [2.75, 3.05) is 40.4 Å². The number of nitrogens with one attached hydrogen (secondary N) is 1. The standard InChI is InChI=1S/C14H30N2O/c1-4-14(15-2)8-5-9-16(3)11-13-7-6-10-17-12-13/h13-15H,4-12H2,1-3H3. The lowest BCUT2D eigenvalue weighted by atomic mass is 10.0. The average molecular weight is 242 g/mol. The first-order valence-corrected chi connectivity index (χ1v) is 7.19. The van der Waals surface area contributed by atoms with Gasteiger partial charge in [0.1, 0.15) is 0 Å². The highest BCUT2D eigenvalue weighted by Crippen LogP contribution is 2.14. The van der Waals surface area contributed by atoms with Crippen LogP contribution in [-0.2, 0) is 4.74 Å². The summed E-state index contributed by atoms with van der Waals surface area (Å²) in [7, 11) is 4.31. The fourth-order valence-corrected chi connectivity index (χ4v) is 2.64. The largest absolute Gasteiger partial charge is 0.381 e. The fourth-order valence-electron chi connectivity index (χ4n) is 2.64. The fraction of sp³-hybridized carbons (Fsp3) is 1.00. The molecule has 3 nitrogen and oxygen atoms in total. The van der Waals surface area contributed by atoms with Crippen molar-refractivity contribution in [1.29, 1.82) is 0 Å². The first-order valence-electron chi connectivity index (χ1n) is 7.19. The molecular formula is C14H30N2O. The minimum atomic E-state index is 0.696. The summed E-state index contributed by atoms with van der Waals surface area (Å²) in [5.41, 5.74) is 0. The minimum Gasteiger partial charge on any atom is -0.381 e. The van der Waals surface area contributed by atoms with Gasteiger partial charge in [-0.1, -0.05) is 6.92 Å². The van der Waals surface area contributed by atoms with Crippen molar-refractivity contribution < 1.29 is 4.74 Å². The summed E-state index contributed by atoms with van der Waals surface area (Å²) >= 11 is 0. The van der Waals surface area contributed by atoms with Gasteiger partial charge >= 0.3 is 0 Å². The number of rotatable bonds is 8. The van der Waals surface area contributed by atoms with Crippen LogP contribution in [0.3, 0.4) is 0 Å². The molecule has 0 aromatic heterocycles. The molecule has 0 radical (unpaired) electrons. The highest BCUT2D eigenvalue weighted by atomic mass is 16.5. The third-order valence-corrected chi connectivity index (χ3v) is 3.82. The monoisotopic (exact) mass is 242 g/mol. The molecule has 0 spiro atoms. The summed E-state index contributed by atoms with van der Waals surface area (Å²) in [6.45, 7) is 6.62. The molecule has 0 bridgehead atoms. The van der Waals surface area contributed by atoms with Crippen LogP contribution in [0, 0.1) is 5.92 Å². The van der Waals surface area contributed by atoms with Crippen molar-refractivity contribution in [2.24, 2.45) is 5.92 Å². The Hall–Kier alpha value is -0.120. The van der Waals surface area contributed by atoms with Crippen LogP contribution < -0.4 is 5.32 Å². The Morgan fingerprint density at radius 2 is 2.29 bits per heavy atom. The molecule has 2 atom stereocenters. The highest BCUT2D eigenvalue weighted by Gasteiger charge is 2.15. The summed E-state index contributed by atoms with van der Waals surface area (Å²) < 4.78 is 5.52. The number of hydrogen-bond acceptors (Lipinski definition) is 3. The first kappa shape index (κ1) is 14.9. The van der Waals surface area contributed by atoms with Gasteiger partial charge in [-0.05, 0) is 58.7 Å². The second kappa shape index (κ2) is 8.90. The smallest absolute Gasteiger partial charge is 0.0506 e. The average Bonchev–Trinajstić information content (AvgIpc) is 2.36. The summed E-state index contributed by atoms with van der Waals surface area (Å²) in [5, 5.41) is 3.37. The second-order valence-electron chi connectivity index (χ2n) is 5.38. The van der Waals surface area contributed by atoms with Crippen LogP contribution >= 0.6 is 0 Å². The Labute approximate surface area is 107 Å². The maximum Gasteiger partial charge on any atom is 0.0506 e. The molecule has 1 aliphatic heterocycles. The van der Waals surface area contributed by atoms with Crippen molar-refractivity contribution in [2.45, 2.75) is 45.1 Å². The third-order valence-electron chi connectivity index (χ3n) is 3.82.